The molecule has 0 unspecified atom stereocenters. The fourth-order valence-corrected chi connectivity index (χ4v) is 4.29. The summed E-state index contributed by atoms with van der Waals surface area (Å²) < 4.78 is 14.5. The minimum Gasteiger partial charge on any atom is -0.352 e. The number of benzene rings is 1. The molecule has 1 amide bonds. The van der Waals surface area contributed by atoms with Crippen molar-refractivity contribution in [2.45, 2.75) is 13.8 Å². The van der Waals surface area contributed by atoms with Crippen molar-refractivity contribution in [1.82, 2.24) is 30.1 Å². The zero-order chi connectivity index (χ0) is 25.5. The number of carbonyl (C=O) groups excluding carboxylic acids is 1. The second kappa shape index (κ2) is 8.94. The summed E-state index contributed by atoms with van der Waals surface area (Å²) >= 11 is 0. The highest BCUT2D eigenvalue weighted by Gasteiger charge is 2.16. The number of rotatable bonds is 5. The normalized spacial score (nSPS) is 11.5. The number of fused-ring (bicyclic) bond motifs is 2. The van der Waals surface area contributed by atoms with Crippen LogP contribution in [0.15, 0.2) is 73.4 Å². The number of amides is 1. The van der Waals surface area contributed by atoms with Gasteiger partial charge in [-0.05, 0) is 24.3 Å². The molecule has 6 rings (SSSR count). The number of nitrogens with zero attached hydrogens (tertiary/aromatic N) is 4. The Bertz CT molecular complexity index is 1790. The summed E-state index contributed by atoms with van der Waals surface area (Å²) in [6, 6.07) is 12.4. The van der Waals surface area contributed by atoms with Crippen LogP contribution in [0.25, 0.3) is 55.6 Å². The fourth-order valence-electron chi connectivity index (χ4n) is 4.29. The Balaban J connectivity index is 1.42. The predicted molar refractivity (Wildman–Crippen MR) is 141 cm³/mol. The first-order chi connectivity index (χ1) is 18.0. The van der Waals surface area contributed by atoms with Crippen molar-refractivity contribution in [2.75, 3.05) is 5.32 Å². The molecule has 0 aliphatic carbocycles. The fraction of sp³-hybridized carbons (Fsp3) is 0.107. The molecule has 0 atom stereocenters. The van der Waals surface area contributed by atoms with Crippen LogP contribution >= 0.6 is 0 Å². The second-order valence-corrected chi connectivity index (χ2v) is 9.10. The average Bonchev–Trinajstić information content (AvgIpc) is 3.53. The van der Waals surface area contributed by atoms with E-state index in [1.54, 1.807) is 49.2 Å². The maximum Gasteiger partial charge on any atom is 0.226 e. The first-order valence-electron chi connectivity index (χ1n) is 11.8. The van der Waals surface area contributed by atoms with Gasteiger partial charge in [0.1, 0.15) is 11.5 Å². The minimum absolute atomic E-state index is 0.0810. The van der Waals surface area contributed by atoms with E-state index in [-0.39, 0.29) is 17.6 Å². The van der Waals surface area contributed by atoms with Gasteiger partial charge in [-0.2, -0.15) is 5.10 Å². The molecule has 0 bridgehead atoms. The topological polar surface area (TPSA) is 112 Å². The van der Waals surface area contributed by atoms with Crippen LogP contribution in [0.2, 0.25) is 0 Å². The van der Waals surface area contributed by atoms with Crippen LogP contribution in [0, 0.1) is 11.7 Å². The minimum atomic E-state index is -0.305. The number of hydrogen-bond donors (Lipinski definition) is 3. The SMILES string of the molecule is CC(C)C(=O)Nc1cncc(-c2cc3c(-c4cc5c(-c6ccccc6F)cncc5[nH]4)n[nH]c3cn2)c1. The number of aromatic amines is 2. The molecular formula is C28H22FN7O. The lowest BCUT2D eigenvalue weighted by Crippen LogP contribution is -2.17. The van der Waals surface area contributed by atoms with Crippen LogP contribution in [0.3, 0.4) is 0 Å². The Labute approximate surface area is 211 Å². The number of pyridine rings is 3. The van der Waals surface area contributed by atoms with Crippen molar-refractivity contribution in [2.24, 2.45) is 5.92 Å². The molecular weight excluding hydrogens is 469 g/mol. The number of carbonyl (C=O) groups is 1. The monoisotopic (exact) mass is 491 g/mol. The van der Waals surface area contributed by atoms with Crippen LogP contribution in [-0.2, 0) is 4.79 Å². The Morgan fingerprint density at radius 2 is 1.76 bits per heavy atom. The summed E-state index contributed by atoms with van der Waals surface area (Å²) in [5, 5.41) is 12.1. The van der Waals surface area contributed by atoms with Gasteiger partial charge in [0.25, 0.3) is 0 Å². The van der Waals surface area contributed by atoms with Gasteiger partial charge in [-0.25, -0.2) is 4.39 Å². The van der Waals surface area contributed by atoms with Gasteiger partial charge in [-0.15, -0.1) is 0 Å². The maximum atomic E-state index is 14.5. The largest absolute Gasteiger partial charge is 0.352 e. The average molecular weight is 492 g/mol. The highest BCUT2D eigenvalue weighted by molar-refractivity contribution is 6.01. The summed E-state index contributed by atoms with van der Waals surface area (Å²) in [6.45, 7) is 3.67. The molecule has 9 heteroatoms. The molecule has 3 N–H and O–H groups in total. The Morgan fingerprint density at radius 1 is 0.919 bits per heavy atom. The van der Waals surface area contributed by atoms with E-state index < -0.39 is 0 Å². The third-order valence-corrected chi connectivity index (χ3v) is 6.24. The quantitative estimate of drug-likeness (QED) is 0.275. The highest BCUT2D eigenvalue weighted by atomic mass is 19.1. The first-order valence-corrected chi connectivity index (χ1v) is 11.8. The third kappa shape index (κ3) is 4.10. The molecule has 0 fully saturated rings. The van der Waals surface area contributed by atoms with E-state index in [0.717, 1.165) is 33.1 Å². The molecule has 0 radical (unpaired) electrons. The van der Waals surface area contributed by atoms with Crippen molar-refractivity contribution in [1.29, 1.82) is 0 Å². The maximum absolute atomic E-state index is 14.5. The van der Waals surface area contributed by atoms with E-state index in [1.165, 1.54) is 6.07 Å². The molecule has 0 spiro atoms. The molecule has 1 aromatic carbocycles. The van der Waals surface area contributed by atoms with Crippen LogP contribution in [0.4, 0.5) is 10.1 Å². The van der Waals surface area contributed by atoms with Gasteiger partial charge in [0.05, 0.1) is 46.7 Å². The van der Waals surface area contributed by atoms with Gasteiger partial charge in [-0.3, -0.25) is 24.8 Å². The first kappa shape index (κ1) is 22.5. The molecule has 0 aliphatic rings. The summed E-state index contributed by atoms with van der Waals surface area (Å²) in [4.78, 5) is 28.6. The van der Waals surface area contributed by atoms with Gasteiger partial charge in [-0.1, -0.05) is 32.0 Å². The Morgan fingerprint density at radius 3 is 2.59 bits per heavy atom. The number of H-pyrrole nitrogens is 2. The number of aromatic nitrogens is 6. The number of nitrogens with one attached hydrogen (secondary N) is 3. The van der Waals surface area contributed by atoms with Crippen molar-refractivity contribution < 1.29 is 9.18 Å². The van der Waals surface area contributed by atoms with Gasteiger partial charge in [0.15, 0.2) is 0 Å². The van der Waals surface area contributed by atoms with Crippen molar-refractivity contribution in [3.8, 4) is 33.8 Å². The summed E-state index contributed by atoms with van der Waals surface area (Å²) in [6.07, 6.45) is 8.41. The Kier molecular flexibility index (Phi) is 5.45. The summed E-state index contributed by atoms with van der Waals surface area (Å²) in [7, 11) is 0. The number of halogens is 1. The molecule has 5 aromatic heterocycles. The molecule has 6 aromatic rings. The predicted octanol–water partition coefficient (Wildman–Crippen LogP) is 5.96. The van der Waals surface area contributed by atoms with E-state index in [1.807, 2.05) is 32.0 Å². The highest BCUT2D eigenvalue weighted by Crippen LogP contribution is 2.35. The molecule has 0 saturated carbocycles. The van der Waals surface area contributed by atoms with Crippen molar-refractivity contribution in [3.63, 3.8) is 0 Å². The van der Waals surface area contributed by atoms with E-state index in [2.05, 4.69) is 35.5 Å². The summed E-state index contributed by atoms with van der Waals surface area (Å²) in [5.74, 6) is -0.527. The van der Waals surface area contributed by atoms with Crippen molar-refractivity contribution >= 4 is 33.4 Å². The molecule has 37 heavy (non-hydrogen) atoms. The van der Waals surface area contributed by atoms with E-state index in [0.29, 0.717) is 28.2 Å². The molecule has 182 valence electrons. The van der Waals surface area contributed by atoms with Crippen LogP contribution in [0.5, 0.6) is 0 Å². The molecule has 5 heterocycles. The van der Waals surface area contributed by atoms with Crippen LogP contribution < -0.4 is 5.32 Å². The van der Waals surface area contributed by atoms with Gasteiger partial charge in [0, 0.05) is 45.8 Å². The lowest BCUT2D eigenvalue weighted by molar-refractivity contribution is -0.118. The molecule has 0 saturated heterocycles. The molecule has 0 aliphatic heterocycles. The lowest BCUT2D eigenvalue weighted by Gasteiger charge is -2.08. The van der Waals surface area contributed by atoms with E-state index in [9.17, 15) is 9.18 Å². The van der Waals surface area contributed by atoms with Gasteiger partial charge >= 0.3 is 0 Å². The van der Waals surface area contributed by atoms with Gasteiger partial charge in [0.2, 0.25) is 5.91 Å². The summed E-state index contributed by atoms with van der Waals surface area (Å²) in [5.41, 5.74) is 6.25. The zero-order valence-corrected chi connectivity index (χ0v) is 20.1. The third-order valence-electron chi connectivity index (χ3n) is 6.24. The standard InChI is InChI=1S/C28H22FN7O/c1-15(2)28(37)33-17-7-16(10-30-11-17)23-9-20-26(14-32-23)35-36-27(20)24-8-19-21(12-31-13-25(19)34-24)18-5-3-4-6-22(18)29/h3-15,34H,1-2H3,(H,33,37)(H,35,36). The van der Waals surface area contributed by atoms with Crippen LogP contribution in [-0.4, -0.2) is 36.0 Å². The second-order valence-electron chi connectivity index (χ2n) is 9.10. The number of hydrogen-bond acceptors (Lipinski definition) is 5. The van der Waals surface area contributed by atoms with Gasteiger partial charge < -0.3 is 10.3 Å². The molecule has 8 nitrogen and oxygen atoms in total. The number of anilines is 1. The lowest BCUT2D eigenvalue weighted by atomic mass is 10.0. The Hall–Kier alpha value is -4.92. The van der Waals surface area contributed by atoms with Crippen molar-refractivity contribution in [3.05, 3.63) is 79.3 Å². The van der Waals surface area contributed by atoms with E-state index in [4.69, 9.17) is 0 Å². The smallest absolute Gasteiger partial charge is 0.226 e. The zero-order valence-electron chi connectivity index (χ0n) is 20.1. The van der Waals surface area contributed by atoms with E-state index >= 15 is 0 Å². The van der Waals surface area contributed by atoms with Crippen LogP contribution in [0.1, 0.15) is 13.8 Å².